The zero-order chi connectivity index (χ0) is 15.1. The maximum atomic E-state index is 6.41. The molecule has 1 heterocycles. The molecule has 0 saturated carbocycles. The Bertz CT molecular complexity index is 621. The Morgan fingerprint density at radius 1 is 1.20 bits per heavy atom. The molecule has 4 heteroatoms. The fraction of sp³-hybridized carbons (Fsp3) is 0.438. The molecule has 0 fully saturated rings. The summed E-state index contributed by atoms with van der Waals surface area (Å²) < 4.78 is 3.16. The van der Waals surface area contributed by atoms with E-state index in [0.29, 0.717) is 5.92 Å². The number of aromatic nitrogens is 2. The molecule has 0 aliphatic carbocycles. The largest absolute Gasteiger partial charge is 0.383 e. The number of nitrogen functional groups attached to an aromatic ring is 1. The van der Waals surface area contributed by atoms with Crippen LogP contribution in [-0.4, -0.2) is 9.55 Å². The molecule has 0 bridgehead atoms. The van der Waals surface area contributed by atoms with Gasteiger partial charge in [-0.15, -0.1) is 0 Å². The van der Waals surface area contributed by atoms with Crippen molar-refractivity contribution in [1.82, 2.24) is 9.55 Å². The Kier molecular flexibility index (Phi) is 3.96. The number of hydrogen-bond acceptors (Lipinski definition) is 2. The molecule has 0 spiro atoms. The van der Waals surface area contributed by atoms with Crippen molar-refractivity contribution in [2.24, 2.45) is 0 Å². The summed E-state index contributed by atoms with van der Waals surface area (Å²) in [6, 6.07) is 8.05. The number of nitrogens with zero attached hydrogens (tertiary/aromatic N) is 2. The van der Waals surface area contributed by atoms with Crippen molar-refractivity contribution in [2.45, 2.75) is 46.1 Å². The van der Waals surface area contributed by atoms with E-state index < -0.39 is 0 Å². The summed E-state index contributed by atoms with van der Waals surface area (Å²) in [6.07, 6.45) is 0. The Hall–Kier alpha value is -1.29. The van der Waals surface area contributed by atoms with Crippen LogP contribution in [-0.2, 0) is 5.54 Å². The Morgan fingerprint density at radius 3 is 2.25 bits per heavy atom. The maximum absolute atomic E-state index is 6.41. The Balaban J connectivity index is 2.72. The van der Waals surface area contributed by atoms with Crippen molar-refractivity contribution in [3.05, 3.63) is 34.6 Å². The third kappa shape index (κ3) is 2.62. The first-order chi connectivity index (χ1) is 9.23. The van der Waals surface area contributed by atoms with Crippen molar-refractivity contribution in [2.75, 3.05) is 5.73 Å². The van der Waals surface area contributed by atoms with Gasteiger partial charge in [0.25, 0.3) is 0 Å². The van der Waals surface area contributed by atoms with Gasteiger partial charge in [0.15, 0.2) is 0 Å². The van der Waals surface area contributed by atoms with Crippen LogP contribution in [0, 0.1) is 0 Å². The molecule has 0 unspecified atom stereocenters. The number of rotatable bonds is 2. The second kappa shape index (κ2) is 5.24. The van der Waals surface area contributed by atoms with E-state index in [0.717, 1.165) is 27.4 Å². The second-order valence-electron chi connectivity index (χ2n) is 6.34. The highest BCUT2D eigenvalue weighted by Gasteiger charge is 2.26. The summed E-state index contributed by atoms with van der Waals surface area (Å²) in [5.74, 6) is 2.08. The molecule has 2 aromatic rings. The monoisotopic (exact) mass is 335 g/mol. The normalized spacial score (nSPS) is 12.2. The maximum Gasteiger partial charge on any atom is 0.132 e. The fourth-order valence-corrected chi connectivity index (χ4v) is 2.87. The van der Waals surface area contributed by atoms with Gasteiger partial charge in [0, 0.05) is 21.5 Å². The van der Waals surface area contributed by atoms with E-state index in [1.165, 1.54) is 0 Å². The minimum atomic E-state index is -0.0871. The first-order valence-electron chi connectivity index (χ1n) is 6.87. The van der Waals surface area contributed by atoms with E-state index in [1.54, 1.807) is 0 Å². The SMILES string of the molecule is CC(C)c1nc(-c2ccccc2Br)c(N)n1C(C)(C)C. The molecule has 1 aromatic heterocycles. The van der Waals surface area contributed by atoms with Gasteiger partial charge in [0.1, 0.15) is 17.3 Å². The van der Waals surface area contributed by atoms with Gasteiger partial charge in [-0.05, 0) is 26.8 Å². The summed E-state index contributed by atoms with van der Waals surface area (Å²) in [5.41, 5.74) is 8.22. The summed E-state index contributed by atoms with van der Waals surface area (Å²) in [6.45, 7) is 10.8. The van der Waals surface area contributed by atoms with Crippen LogP contribution in [0.15, 0.2) is 28.7 Å². The third-order valence-corrected chi connectivity index (χ3v) is 3.95. The first kappa shape index (κ1) is 15.1. The number of hydrogen-bond donors (Lipinski definition) is 1. The lowest BCUT2D eigenvalue weighted by molar-refractivity contribution is 0.382. The summed E-state index contributed by atoms with van der Waals surface area (Å²) in [7, 11) is 0. The standard InChI is InChI=1S/C16H22BrN3/c1-10(2)15-19-13(11-8-6-7-9-12(11)17)14(18)20(15)16(3,4)5/h6-10H,18H2,1-5H3. The molecule has 2 N–H and O–H groups in total. The van der Waals surface area contributed by atoms with E-state index in [-0.39, 0.29) is 5.54 Å². The van der Waals surface area contributed by atoms with Crippen LogP contribution in [0.3, 0.4) is 0 Å². The number of imidazole rings is 1. The number of anilines is 1. The summed E-state index contributed by atoms with van der Waals surface area (Å²) in [5, 5.41) is 0. The van der Waals surface area contributed by atoms with Crippen LogP contribution >= 0.6 is 15.9 Å². The van der Waals surface area contributed by atoms with E-state index in [9.17, 15) is 0 Å². The van der Waals surface area contributed by atoms with Crippen LogP contribution in [0.1, 0.15) is 46.4 Å². The average molecular weight is 336 g/mol. The van der Waals surface area contributed by atoms with E-state index in [4.69, 9.17) is 10.7 Å². The van der Waals surface area contributed by atoms with Crippen LogP contribution < -0.4 is 5.73 Å². The molecule has 0 aliphatic rings. The zero-order valence-electron chi connectivity index (χ0n) is 12.7. The molecular weight excluding hydrogens is 314 g/mol. The Morgan fingerprint density at radius 2 is 1.80 bits per heavy atom. The highest BCUT2D eigenvalue weighted by molar-refractivity contribution is 9.10. The van der Waals surface area contributed by atoms with Crippen LogP contribution in [0.25, 0.3) is 11.3 Å². The predicted octanol–water partition coefficient (Wildman–Crippen LogP) is 4.77. The van der Waals surface area contributed by atoms with Gasteiger partial charge < -0.3 is 10.3 Å². The first-order valence-corrected chi connectivity index (χ1v) is 7.66. The van der Waals surface area contributed by atoms with Crippen LogP contribution in [0.5, 0.6) is 0 Å². The van der Waals surface area contributed by atoms with Crippen LogP contribution in [0.4, 0.5) is 5.82 Å². The highest BCUT2D eigenvalue weighted by atomic mass is 79.9. The quantitative estimate of drug-likeness (QED) is 0.858. The van der Waals surface area contributed by atoms with Crippen molar-refractivity contribution in [3.63, 3.8) is 0 Å². The van der Waals surface area contributed by atoms with Crippen molar-refractivity contribution in [3.8, 4) is 11.3 Å². The smallest absolute Gasteiger partial charge is 0.132 e. The number of nitrogens with two attached hydrogens (primary N) is 1. The summed E-state index contributed by atoms with van der Waals surface area (Å²) >= 11 is 3.58. The molecule has 0 atom stereocenters. The lowest BCUT2D eigenvalue weighted by Gasteiger charge is -2.26. The van der Waals surface area contributed by atoms with Gasteiger partial charge in [-0.25, -0.2) is 4.98 Å². The number of halogens is 1. The minimum absolute atomic E-state index is 0.0871. The van der Waals surface area contributed by atoms with E-state index in [2.05, 4.69) is 55.1 Å². The minimum Gasteiger partial charge on any atom is -0.383 e. The van der Waals surface area contributed by atoms with Gasteiger partial charge in [0.05, 0.1) is 0 Å². The van der Waals surface area contributed by atoms with Crippen molar-refractivity contribution >= 4 is 21.7 Å². The molecule has 108 valence electrons. The predicted molar refractivity (Wildman–Crippen MR) is 88.9 cm³/mol. The molecule has 0 saturated heterocycles. The Labute approximate surface area is 129 Å². The molecule has 3 nitrogen and oxygen atoms in total. The molecule has 0 aliphatic heterocycles. The lowest BCUT2D eigenvalue weighted by Crippen LogP contribution is -2.26. The summed E-state index contributed by atoms with van der Waals surface area (Å²) in [4.78, 5) is 4.81. The van der Waals surface area contributed by atoms with Crippen molar-refractivity contribution < 1.29 is 0 Å². The van der Waals surface area contributed by atoms with E-state index >= 15 is 0 Å². The molecule has 20 heavy (non-hydrogen) atoms. The second-order valence-corrected chi connectivity index (χ2v) is 7.20. The van der Waals surface area contributed by atoms with Crippen LogP contribution in [0.2, 0.25) is 0 Å². The highest BCUT2D eigenvalue weighted by Crippen LogP contribution is 2.36. The average Bonchev–Trinajstić information content (AvgIpc) is 2.67. The van der Waals surface area contributed by atoms with Gasteiger partial charge in [-0.3, -0.25) is 0 Å². The van der Waals surface area contributed by atoms with Gasteiger partial charge in [0.2, 0.25) is 0 Å². The lowest BCUT2D eigenvalue weighted by atomic mass is 10.1. The molecule has 1 aromatic carbocycles. The van der Waals surface area contributed by atoms with E-state index in [1.807, 2.05) is 24.3 Å². The number of benzene rings is 1. The van der Waals surface area contributed by atoms with Crippen molar-refractivity contribution in [1.29, 1.82) is 0 Å². The molecule has 0 amide bonds. The third-order valence-electron chi connectivity index (χ3n) is 3.26. The van der Waals surface area contributed by atoms with Gasteiger partial charge in [-0.2, -0.15) is 0 Å². The topological polar surface area (TPSA) is 43.8 Å². The zero-order valence-corrected chi connectivity index (χ0v) is 14.3. The molecule has 0 radical (unpaired) electrons. The molecule has 2 rings (SSSR count). The van der Waals surface area contributed by atoms with Gasteiger partial charge in [-0.1, -0.05) is 48.0 Å². The van der Waals surface area contributed by atoms with Gasteiger partial charge >= 0.3 is 0 Å². The fourth-order valence-electron chi connectivity index (χ4n) is 2.39. The molecular formula is C16H22BrN3.